The molecule has 1 saturated heterocycles. The molecule has 1 aliphatic heterocycles. The Hall–Kier alpha value is -2.65. The second-order valence-corrected chi connectivity index (χ2v) is 15.9. The van der Waals surface area contributed by atoms with Crippen molar-refractivity contribution < 1.29 is 56.8 Å². The molecule has 0 aromatic carbocycles. The Bertz CT molecular complexity index is 1280. The smallest absolute Gasteiger partial charge is 0.306 e. The summed E-state index contributed by atoms with van der Waals surface area (Å²) >= 11 is 0. The first kappa shape index (κ1) is 51.4. The molecule has 2 unspecified atom stereocenters. The number of hydrogen-bond donors (Lipinski definition) is 4. The lowest BCUT2D eigenvalue weighted by molar-refractivity contribution is -0.297. The average molecular weight is 813 g/mol. The third kappa shape index (κ3) is 27.9. The molecule has 1 rings (SSSR count). The van der Waals surface area contributed by atoms with Gasteiger partial charge in [0.25, 0.3) is 10.1 Å². The van der Waals surface area contributed by atoms with E-state index in [1.807, 2.05) is 36.5 Å². The van der Waals surface area contributed by atoms with Crippen molar-refractivity contribution in [2.24, 2.45) is 0 Å². The number of unbranched alkanes of at least 4 members (excludes halogenated alkanes) is 14. The molecule has 13 heteroatoms. The topological polar surface area (TPSA) is 186 Å². The lowest BCUT2D eigenvalue weighted by Crippen LogP contribution is -2.60. The lowest BCUT2D eigenvalue weighted by Gasteiger charge is -2.40. The van der Waals surface area contributed by atoms with Gasteiger partial charge in [-0.1, -0.05) is 132 Å². The van der Waals surface area contributed by atoms with E-state index in [2.05, 4.69) is 38.2 Å². The van der Waals surface area contributed by atoms with Gasteiger partial charge in [-0.25, -0.2) is 0 Å². The first-order chi connectivity index (χ1) is 27.0. The minimum absolute atomic E-state index is 0.132. The molecule has 12 nitrogen and oxygen atoms in total. The summed E-state index contributed by atoms with van der Waals surface area (Å²) in [5, 5.41) is 30.8. The number of carbonyl (C=O) groups is 2. The summed E-state index contributed by atoms with van der Waals surface area (Å²) in [7, 11) is -4.61. The molecule has 0 radical (unpaired) electrons. The molecule has 0 aromatic heterocycles. The van der Waals surface area contributed by atoms with Crippen LogP contribution in [0.2, 0.25) is 0 Å². The fourth-order valence-corrected chi connectivity index (χ4v) is 6.61. The first-order valence-electron chi connectivity index (χ1n) is 20.9. The van der Waals surface area contributed by atoms with Gasteiger partial charge < -0.3 is 34.3 Å². The van der Waals surface area contributed by atoms with E-state index in [4.69, 9.17) is 18.9 Å². The van der Waals surface area contributed by atoms with Crippen molar-refractivity contribution >= 4 is 22.1 Å². The highest BCUT2D eigenvalue weighted by Crippen LogP contribution is 2.24. The summed E-state index contributed by atoms with van der Waals surface area (Å²) in [6.07, 6.45) is 29.9. The van der Waals surface area contributed by atoms with E-state index in [1.54, 1.807) is 0 Å². The molecule has 0 aromatic rings. The minimum Gasteiger partial charge on any atom is -0.462 e. The highest BCUT2D eigenvalue weighted by molar-refractivity contribution is 7.85. The number of hydrogen-bond acceptors (Lipinski definition) is 11. The van der Waals surface area contributed by atoms with Crippen LogP contribution in [0, 0.1) is 0 Å². The van der Waals surface area contributed by atoms with Gasteiger partial charge in [0.1, 0.15) is 36.8 Å². The van der Waals surface area contributed by atoms with Crippen LogP contribution in [0.1, 0.15) is 142 Å². The van der Waals surface area contributed by atoms with Crippen molar-refractivity contribution in [3.8, 4) is 0 Å². The van der Waals surface area contributed by atoms with E-state index in [1.165, 1.54) is 38.5 Å². The highest BCUT2D eigenvalue weighted by Gasteiger charge is 2.46. The first-order valence-corrected chi connectivity index (χ1v) is 22.5. The maximum atomic E-state index is 12.8. The third-order valence-electron chi connectivity index (χ3n) is 9.18. The minimum atomic E-state index is -4.61. The molecule has 4 N–H and O–H groups in total. The molecule has 6 atom stereocenters. The van der Waals surface area contributed by atoms with Crippen LogP contribution in [-0.2, 0) is 38.7 Å². The van der Waals surface area contributed by atoms with Crippen LogP contribution in [0.15, 0.2) is 60.8 Å². The summed E-state index contributed by atoms with van der Waals surface area (Å²) in [5.74, 6) is -2.04. The summed E-state index contributed by atoms with van der Waals surface area (Å²) in [6.45, 7) is 3.55. The summed E-state index contributed by atoms with van der Waals surface area (Å²) in [5.41, 5.74) is 0. The van der Waals surface area contributed by atoms with Gasteiger partial charge in [0.05, 0.1) is 6.61 Å². The van der Waals surface area contributed by atoms with Crippen LogP contribution in [-0.4, -0.2) is 96.0 Å². The molecular weight excluding hydrogens is 741 g/mol. The van der Waals surface area contributed by atoms with Crippen molar-refractivity contribution in [3.63, 3.8) is 0 Å². The van der Waals surface area contributed by atoms with Crippen molar-refractivity contribution in [2.45, 2.75) is 179 Å². The van der Waals surface area contributed by atoms with Gasteiger partial charge in [0.2, 0.25) is 0 Å². The van der Waals surface area contributed by atoms with Gasteiger partial charge in [-0.05, 0) is 57.8 Å². The Balaban J connectivity index is 2.53. The fraction of sp³-hybridized carbons (Fsp3) is 0.721. The zero-order valence-electron chi connectivity index (χ0n) is 34.0. The fourth-order valence-electron chi connectivity index (χ4n) is 5.92. The number of ether oxygens (including phenoxy) is 4. The Morgan fingerprint density at radius 1 is 0.625 bits per heavy atom. The quantitative estimate of drug-likeness (QED) is 0.0166. The van der Waals surface area contributed by atoms with E-state index < -0.39 is 71.2 Å². The Labute approximate surface area is 336 Å². The zero-order chi connectivity index (χ0) is 41.3. The molecule has 1 fully saturated rings. The SMILES string of the molecule is CC/C=C/C=C/C=C/C=C/CCCCCCCC(=O)O[C@H](COC(=O)CCCCC/C=C/CCCCCCCC)CO[C@H]1O[C@H](CS(=O)(=O)O)[C@@H](O)C(O)C1O. The maximum absolute atomic E-state index is 12.8. The normalized spacial score (nSPS) is 21.3. The molecule has 1 heterocycles. The van der Waals surface area contributed by atoms with Gasteiger partial charge in [-0.3, -0.25) is 14.1 Å². The lowest BCUT2D eigenvalue weighted by atomic mass is 10.00. The van der Waals surface area contributed by atoms with Crippen LogP contribution in [0.25, 0.3) is 0 Å². The predicted octanol–water partition coefficient (Wildman–Crippen LogP) is 7.78. The van der Waals surface area contributed by atoms with Gasteiger partial charge >= 0.3 is 11.9 Å². The molecule has 0 bridgehead atoms. The molecule has 1 aliphatic rings. The van der Waals surface area contributed by atoms with E-state index in [-0.39, 0.29) is 19.4 Å². The average Bonchev–Trinajstić information content (AvgIpc) is 3.16. The van der Waals surface area contributed by atoms with Crippen LogP contribution in [0.5, 0.6) is 0 Å². The van der Waals surface area contributed by atoms with E-state index in [0.29, 0.717) is 12.8 Å². The van der Waals surface area contributed by atoms with Crippen LogP contribution < -0.4 is 0 Å². The van der Waals surface area contributed by atoms with Gasteiger partial charge in [-0.2, -0.15) is 8.42 Å². The summed E-state index contributed by atoms with van der Waals surface area (Å²) < 4.78 is 53.9. The largest absolute Gasteiger partial charge is 0.462 e. The van der Waals surface area contributed by atoms with Gasteiger partial charge in [0, 0.05) is 12.8 Å². The Morgan fingerprint density at radius 2 is 1.14 bits per heavy atom. The zero-order valence-corrected chi connectivity index (χ0v) is 34.8. The Morgan fingerprint density at radius 3 is 1.75 bits per heavy atom. The maximum Gasteiger partial charge on any atom is 0.306 e. The van der Waals surface area contributed by atoms with Crippen molar-refractivity contribution in [3.05, 3.63) is 60.8 Å². The van der Waals surface area contributed by atoms with Crippen molar-refractivity contribution in [2.75, 3.05) is 19.0 Å². The monoisotopic (exact) mass is 812 g/mol. The number of rotatable bonds is 33. The van der Waals surface area contributed by atoms with Gasteiger partial charge in [-0.15, -0.1) is 0 Å². The standard InChI is InChI=1S/C43H72O12S/c1-3-5-7-9-11-13-15-17-18-20-22-24-26-28-30-32-39(45)54-36(34-53-43-42(48)41(47)40(46)37(55-43)35-56(49,50)51)33-52-38(44)31-29-27-25-23-21-19-16-14-12-10-8-6-4-2/h5,7,9,11,13,15,17-19,21,36-37,40-43,46-48H,3-4,6,8,10,12,14,16,20,22-35H2,1-2H3,(H,49,50,51)/b7-5+,11-9+,15-13+,18-17+,21-19+/t36-,37-,40-,41?,42?,43+/m1/s1. The Kier molecular flexibility index (Phi) is 30.6. The van der Waals surface area contributed by atoms with E-state index in [0.717, 1.165) is 64.2 Å². The van der Waals surface area contributed by atoms with E-state index in [9.17, 15) is 37.9 Å². The molecule has 322 valence electrons. The second kappa shape index (κ2) is 33.3. The van der Waals surface area contributed by atoms with Crippen molar-refractivity contribution in [1.82, 2.24) is 0 Å². The number of aliphatic hydroxyl groups is 3. The third-order valence-corrected chi connectivity index (χ3v) is 9.93. The van der Waals surface area contributed by atoms with E-state index >= 15 is 0 Å². The number of allylic oxidation sites excluding steroid dienone is 10. The molecule has 0 aliphatic carbocycles. The number of aliphatic hydroxyl groups excluding tert-OH is 3. The van der Waals surface area contributed by atoms with Gasteiger partial charge in [0.15, 0.2) is 12.4 Å². The molecule has 0 spiro atoms. The van der Waals surface area contributed by atoms with Crippen LogP contribution >= 0.6 is 0 Å². The number of carbonyl (C=O) groups excluding carboxylic acids is 2. The summed E-state index contributed by atoms with van der Waals surface area (Å²) in [4.78, 5) is 25.3. The van der Waals surface area contributed by atoms with Crippen molar-refractivity contribution in [1.29, 1.82) is 0 Å². The predicted molar refractivity (Wildman–Crippen MR) is 219 cm³/mol. The second-order valence-electron chi connectivity index (χ2n) is 14.4. The summed E-state index contributed by atoms with van der Waals surface area (Å²) in [6, 6.07) is 0. The molecule has 56 heavy (non-hydrogen) atoms. The van der Waals surface area contributed by atoms with Crippen LogP contribution in [0.4, 0.5) is 0 Å². The highest BCUT2D eigenvalue weighted by atomic mass is 32.2. The molecular formula is C43H72O12S. The molecule has 0 saturated carbocycles. The van der Waals surface area contributed by atoms with Crippen LogP contribution in [0.3, 0.4) is 0 Å². The molecule has 0 amide bonds. The number of esters is 2.